The Morgan fingerprint density at radius 1 is 0.548 bits per heavy atom. The first-order valence-corrected chi connectivity index (χ1v) is 18.6. The van der Waals surface area contributed by atoms with Crippen molar-refractivity contribution < 1.29 is 27.2 Å². The number of hydrogen-bond donors (Lipinski definition) is 2. The zero-order valence-corrected chi connectivity index (χ0v) is 28.4. The van der Waals surface area contributed by atoms with Gasteiger partial charge in [-0.2, -0.15) is 0 Å². The second-order valence-electron chi connectivity index (χ2n) is 12.2. The molecule has 2 N–H and O–H groups in total. The van der Waals surface area contributed by atoms with Gasteiger partial charge in [-0.1, -0.05) is 73.5 Å². The first kappa shape index (κ1) is 35.1. The standard InChI is InChI=1S/C32H52N2O6P2/c1-23(2)37-41(35,38-24(3)4)31(27-17-11-9-12-18-27)33-29-21-15-16-22-30(29)34-32(28-19-13-10-14-20-28)42(36,39-25(5)6)40-26(7)8/h9-14,17-20,23-26,29-34H,15-16,21-22H2,1-8H3/t29-,30-,31+,32+/m1/s1. The molecule has 4 atom stereocenters. The minimum atomic E-state index is -3.66. The van der Waals surface area contributed by atoms with Gasteiger partial charge < -0.3 is 18.1 Å². The Morgan fingerprint density at radius 3 is 1.10 bits per heavy atom. The van der Waals surface area contributed by atoms with E-state index in [1.54, 1.807) is 0 Å². The van der Waals surface area contributed by atoms with Crippen molar-refractivity contribution in [3.63, 3.8) is 0 Å². The van der Waals surface area contributed by atoms with Crippen LogP contribution in [0.2, 0.25) is 0 Å². The fourth-order valence-electron chi connectivity index (χ4n) is 5.41. The summed E-state index contributed by atoms with van der Waals surface area (Å²) >= 11 is 0. The summed E-state index contributed by atoms with van der Waals surface area (Å²) in [5.41, 5.74) is 1.67. The van der Waals surface area contributed by atoms with Crippen LogP contribution < -0.4 is 10.6 Å². The fourth-order valence-corrected chi connectivity index (χ4v) is 10.2. The first-order chi connectivity index (χ1) is 19.8. The molecule has 1 aliphatic carbocycles. The van der Waals surface area contributed by atoms with Crippen LogP contribution in [0.25, 0.3) is 0 Å². The van der Waals surface area contributed by atoms with Gasteiger partial charge in [0.05, 0.1) is 24.4 Å². The average molecular weight is 623 g/mol. The van der Waals surface area contributed by atoms with Crippen LogP contribution in [0.4, 0.5) is 0 Å². The highest BCUT2D eigenvalue weighted by Gasteiger charge is 2.45. The van der Waals surface area contributed by atoms with Crippen LogP contribution >= 0.6 is 15.2 Å². The number of nitrogens with one attached hydrogen (secondary N) is 2. The van der Waals surface area contributed by atoms with E-state index in [4.69, 9.17) is 18.1 Å². The molecule has 0 heterocycles. The van der Waals surface area contributed by atoms with E-state index in [2.05, 4.69) is 10.6 Å². The Labute approximate surface area is 253 Å². The molecule has 236 valence electrons. The maximum absolute atomic E-state index is 14.5. The van der Waals surface area contributed by atoms with Crippen molar-refractivity contribution in [2.24, 2.45) is 0 Å². The minimum Gasteiger partial charge on any atom is -0.304 e. The van der Waals surface area contributed by atoms with Gasteiger partial charge in [-0.25, -0.2) is 0 Å². The van der Waals surface area contributed by atoms with Gasteiger partial charge >= 0.3 is 15.2 Å². The lowest BCUT2D eigenvalue weighted by Gasteiger charge is -2.41. The lowest BCUT2D eigenvalue weighted by atomic mass is 9.90. The van der Waals surface area contributed by atoms with E-state index in [1.807, 2.05) is 116 Å². The molecule has 0 spiro atoms. The highest BCUT2D eigenvalue weighted by molar-refractivity contribution is 7.54. The Kier molecular flexibility index (Phi) is 13.5. The van der Waals surface area contributed by atoms with Gasteiger partial charge in [0.1, 0.15) is 11.6 Å². The van der Waals surface area contributed by atoms with Crippen LogP contribution in [0.1, 0.15) is 104 Å². The third-order valence-corrected chi connectivity index (χ3v) is 11.8. The fraction of sp³-hybridized carbons (Fsp3) is 0.625. The summed E-state index contributed by atoms with van der Waals surface area (Å²) < 4.78 is 53.5. The third-order valence-electron chi connectivity index (χ3n) is 6.80. The van der Waals surface area contributed by atoms with Gasteiger partial charge in [-0.3, -0.25) is 19.8 Å². The molecular weight excluding hydrogens is 570 g/mol. The second-order valence-corrected chi connectivity index (χ2v) is 16.2. The topological polar surface area (TPSA) is 95.1 Å². The molecule has 42 heavy (non-hydrogen) atoms. The second kappa shape index (κ2) is 16.1. The molecule has 2 aromatic carbocycles. The predicted molar refractivity (Wildman–Crippen MR) is 171 cm³/mol. The maximum atomic E-state index is 14.5. The Bertz CT molecular complexity index is 1040. The normalized spacial score (nSPS) is 20.0. The molecular formula is C32H52N2O6P2. The van der Waals surface area contributed by atoms with Crippen LogP contribution in [0.15, 0.2) is 60.7 Å². The Morgan fingerprint density at radius 2 is 0.833 bits per heavy atom. The third kappa shape index (κ3) is 10.1. The van der Waals surface area contributed by atoms with Crippen LogP contribution in [0.3, 0.4) is 0 Å². The molecule has 0 bridgehead atoms. The van der Waals surface area contributed by atoms with Gasteiger partial charge in [0.15, 0.2) is 0 Å². The van der Waals surface area contributed by atoms with Crippen molar-refractivity contribution >= 4 is 15.2 Å². The zero-order valence-electron chi connectivity index (χ0n) is 26.6. The summed E-state index contributed by atoms with van der Waals surface area (Å²) in [7, 11) is -7.32. The molecule has 0 saturated heterocycles. The Balaban J connectivity index is 2.03. The smallest absolute Gasteiger partial charge is 0.304 e. The summed E-state index contributed by atoms with van der Waals surface area (Å²) in [6.07, 6.45) is 2.52. The molecule has 3 rings (SSSR count). The monoisotopic (exact) mass is 622 g/mol. The molecule has 0 aromatic heterocycles. The van der Waals surface area contributed by atoms with E-state index in [0.29, 0.717) is 0 Å². The number of benzene rings is 2. The molecule has 0 aliphatic heterocycles. The van der Waals surface area contributed by atoms with E-state index in [0.717, 1.165) is 36.8 Å². The minimum absolute atomic E-state index is 0.110. The summed E-state index contributed by atoms with van der Waals surface area (Å²) in [4.78, 5) is 0. The highest BCUT2D eigenvalue weighted by Crippen LogP contribution is 2.63. The maximum Gasteiger partial charge on any atom is 0.352 e. The van der Waals surface area contributed by atoms with E-state index >= 15 is 0 Å². The molecule has 1 aliphatic rings. The summed E-state index contributed by atoms with van der Waals surface area (Å²) in [6, 6.07) is 19.2. The molecule has 0 amide bonds. The van der Waals surface area contributed by atoms with Crippen LogP contribution in [0, 0.1) is 0 Å². The van der Waals surface area contributed by atoms with Crippen molar-refractivity contribution in [2.75, 3.05) is 0 Å². The van der Waals surface area contributed by atoms with Gasteiger partial charge in [-0.05, 0) is 79.4 Å². The Hall–Kier alpha value is -1.34. The SMILES string of the molecule is CC(C)OP(=O)(OC(C)C)[C@H](N[C@@H]1CCCC[C@H]1N[C@H](c1ccccc1)P(=O)(OC(C)C)OC(C)C)c1ccccc1. The molecule has 8 nitrogen and oxygen atoms in total. The summed E-state index contributed by atoms with van der Waals surface area (Å²) in [5.74, 6) is -1.37. The summed E-state index contributed by atoms with van der Waals surface area (Å²) in [5, 5.41) is 7.43. The molecule has 2 aromatic rings. The molecule has 10 heteroatoms. The zero-order chi connectivity index (χ0) is 30.9. The molecule has 1 fully saturated rings. The van der Waals surface area contributed by atoms with E-state index in [1.165, 1.54) is 0 Å². The van der Waals surface area contributed by atoms with E-state index < -0.39 is 26.8 Å². The van der Waals surface area contributed by atoms with Gasteiger partial charge in [-0.15, -0.1) is 0 Å². The van der Waals surface area contributed by atoms with Crippen LogP contribution in [0.5, 0.6) is 0 Å². The van der Waals surface area contributed by atoms with E-state index in [-0.39, 0.29) is 36.5 Å². The number of rotatable bonds is 16. The van der Waals surface area contributed by atoms with Crippen molar-refractivity contribution in [3.8, 4) is 0 Å². The van der Waals surface area contributed by atoms with Crippen molar-refractivity contribution in [1.29, 1.82) is 0 Å². The average Bonchev–Trinajstić information content (AvgIpc) is 2.90. The van der Waals surface area contributed by atoms with Crippen molar-refractivity contribution in [1.82, 2.24) is 10.6 Å². The molecule has 1 saturated carbocycles. The quantitative estimate of drug-likeness (QED) is 0.179. The highest BCUT2D eigenvalue weighted by atomic mass is 31.2. The summed E-state index contributed by atoms with van der Waals surface area (Å²) in [6.45, 7) is 15.0. The van der Waals surface area contributed by atoms with Crippen molar-refractivity contribution in [2.45, 2.75) is 129 Å². The van der Waals surface area contributed by atoms with Gasteiger partial charge in [0, 0.05) is 12.1 Å². The molecule has 0 unspecified atom stereocenters. The predicted octanol–water partition coefficient (Wildman–Crippen LogP) is 8.96. The lowest BCUT2D eigenvalue weighted by Crippen LogP contribution is -2.52. The van der Waals surface area contributed by atoms with Crippen LogP contribution in [-0.4, -0.2) is 36.5 Å². The van der Waals surface area contributed by atoms with Gasteiger partial charge in [0.2, 0.25) is 0 Å². The van der Waals surface area contributed by atoms with E-state index in [9.17, 15) is 9.13 Å². The number of hydrogen-bond acceptors (Lipinski definition) is 8. The first-order valence-electron chi connectivity index (χ1n) is 15.4. The van der Waals surface area contributed by atoms with Crippen molar-refractivity contribution in [3.05, 3.63) is 71.8 Å². The van der Waals surface area contributed by atoms with Crippen LogP contribution in [-0.2, 0) is 27.2 Å². The molecule has 0 radical (unpaired) electrons. The lowest BCUT2D eigenvalue weighted by molar-refractivity contribution is 0.124. The van der Waals surface area contributed by atoms with Gasteiger partial charge in [0.25, 0.3) is 0 Å². The largest absolute Gasteiger partial charge is 0.352 e.